The lowest BCUT2D eigenvalue weighted by Crippen LogP contribution is -2.47. The van der Waals surface area contributed by atoms with E-state index in [0.717, 1.165) is 6.42 Å². The number of ether oxygens (including phenoxy) is 1. The van der Waals surface area contributed by atoms with Crippen LogP contribution in [-0.4, -0.2) is 54.4 Å². The highest BCUT2D eigenvalue weighted by molar-refractivity contribution is 5.80. The average molecular weight is 258 g/mol. The van der Waals surface area contributed by atoms with Gasteiger partial charge in [0.25, 0.3) is 0 Å². The third-order valence-corrected chi connectivity index (χ3v) is 2.18. The maximum Gasteiger partial charge on any atom is 0.323 e. The molecule has 0 bridgehead atoms. The summed E-state index contributed by atoms with van der Waals surface area (Å²) in [6.45, 7) is 8.13. The molecule has 0 heterocycles. The molecule has 0 unspecified atom stereocenters. The molecule has 2 N–H and O–H groups in total. The number of carboxylic acids is 1. The molecule has 6 nitrogen and oxygen atoms in total. The van der Waals surface area contributed by atoms with Crippen LogP contribution < -0.4 is 5.32 Å². The number of nitrogens with one attached hydrogen (secondary N) is 1. The average Bonchev–Trinajstić information content (AvgIpc) is 2.29. The van der Waals surface area contributed by atoms with E-state index < -0.39 is 5.97 Å². The van der Waals surface area contributed by atoms with Crippen LogP contribution in [0.25, 0.3) is 0 Å². The fraction of sp³-hybridized carbons (Fsp3) is 0.667. The van der Waals surface area contributed by atoms with Crippen LogP contribution in [0.4, 0.5) is 4.79 Å². The minimum atomic E-state index is -1.03. The van der Waals surface area contributed by atoms with Crippen LogP contribution in [0.15, 0.2) is 12.7 Å². The SMILES string of the molecule is C=CCCOCCNC(=O)N(CC(=O)O)C(C)C. The van der Waals surface area contributed by atoms with Gasteiger partial charge in [-0.3, -0.25) is 4.79 Å². The summed E-state index contributed by atoms with van der Waals surface area (Å²) in [5.41, 5.74) is 0. The van der Waals surface area contributed by atoms with Crippen LogP contribution in [0.3, 0.4) is 0 Å². The molecular weight excluding hydrogens is 236 g/mol. The molecule has 0 spiro atoms. The topological polar surface area (TPSA) is 78.9 Å². The van der Waals surface area contributed by atoms with Crippen molar-refractivity contribution in [1.29, 1.82) is 0 Å². The predicted molar refractivity (Wildman–Crippen MR) is 68.5 cm³/mol. The number of urea groups is 1. The molecule has 0 aliphatic rings. The highest BCUT2D eigenvalue weighted by Crippen LogP contribution is 1.98. The van der Waals surface area contributed by atoms with Gasteiger partial charge in [0, 0.05) is 12.6 Å². The molecule has 6 heteroatoms. The summed E-state index contributed by atoms with van der Waals surface area (Å²) in [5, 5.41) is 11.3. The second-order valence-electron chi connectivity index (χ2n) is 4.04. The maximum atomic E-state index is 11.7. The number of amides is 2. The van der Waals surface area contributed by atoms with Crippen molar-refractivity contribution >= 4 is 12.0 Å². The van der Waals surface area contributed by atoms with Crippen LogP contribution >= 0.6 is 0 Å². The molecule has 0 aromatic rings. The van der Waals surface area contributed by atoms with Crippen molar-refractivity contribution < 1.29 is 19.4 Å². The first kappa shape index (κ1) is 16.4. The molecule has 0 saturated heterocycles. The standard InChI is InChI=1S/C12H22N2O4/c1-4-5-7-18-8-6-13-12(17)14(10(2)3)9-11(15)16/h4,10H,1,5-9H2,2-3H3,(H,13,17)(H,15,16). The zero-order chi connectivity index (χ0) is 14.0. The number of rotatable bonds is 9. The van der Waals surface area contributed by atoms with Gasteiger partial charge in [-0.25, -0.2) is 4.79 Å². The Morgan fingerprint density at radius 2 is 2.11 bits per heavy atom. The summed E-state index contributed by atoms with van der Waals surface area (Å²) in [4.78, 5) is 23.6. The fourth-order valence-corrected chi connectivity index (χ4v) is 1.24. The Balaban J connectivity index is 3.89. The Hall–Kier alpha value is -1.56. The van der Waals surface area contributed by atoms with Gasteiger partial charge in [-0.1, -0.05) is 6.08 Å². The van der Waals surface area contributed by atoms with E-state index in [1.54, 1.807) is 19.9 Å². The molecule has 0 atom stereocenters. The lowest BCUT2D eigenvalue weighted by Gasteiger charge is -2.25. The summed E-state index contributed by atoms with van der Waals surface area (Å²) in [6, 6.07) is -0.553. The minimum Gasteiger partial charge on any atom is -0.480 e. The first-order valence-electron chi connectivity index (χ1n) is 5.94. The van der Waals surface area contributed by atoms with Crippen LogP contribution in [0, 0.1) is 0 Å². The number of hydrogen-bond donors (Lipinski definition) is 2. The molecule has 0 radical (unpaired) electrons. The molecular formula is C12H22N2O4. The first-order chi connectivity index (χ1) is 8.49. The van der Waals surface area contributed by atoms with Crippen LogP contribution in [-0.2, 0) is 9.53 Å². The summed E-state index contributed by atoms with van der Waals surface area (Å²) in [5.74, 6) is -1.03. The molecule has 0 aromatic heterocycles. The molecule has 0 aliphatic carbocycles. The van der Waals surface area contributed by atoms with Gasteiger partial charge in [0.2, 0.25) is 0 Å². The maximum absolute atomic E-state index is 11.7. The van der Waals surface area contributed by atoms with E-state index in [0.29, 0.717) is 19.8 Å². The number of hydrogen-bond acceptors (Lipinski definition) is 3. The third-order valence-electron chi connectivity index (χ3n) is 2.18. The summed E-state index contributed by atoms with van der Waals surface area (Å²) in [7, 11) is 0. The molecule has 0 fully saturated rings. The highest BCUT2D eigenvalue weighted by Gasteiger charge is 2.18. The lowest BCUT2D eigenvalue weighted by molar-refractivity contribution is -0.138. The number of aliphatic carboxylic acids is 1. The number of carboxylic acid groups (broad SMARTS) is 1. The quantitative estimate of drug-likeness (QED) is 0.479. The van der Waals surface area contributed by atoms with Gasteiger partial charge in [-0.15, -0.1) is 6.58 Å². The van der Waals surface area contributed by atoms with E-state index in [2.05, 4.69) is 11.9 Å². The zero-order valence-electron chi connectivity index (χ0n) is 11.0. The largest absolute Gasteiger partial charge is 0.480 e. The second-order valence-corrected chi connectivity index (χ2v) is 4.04. The normalized spacial score (nSPS) is 10.2. The molecule has 0 saturated carbocycles. The van der Waals surface area contributed by atoms with Crippen molar-refractivity contribution in [2.24, 2.45) is 0 Å². The van der Waals surface area contributed by atoms with Crippen LogP contribution in [0.2, 0.25) is 0 Å². The lowest BCUT2D eigenvalue weighted by atomic mass is 10.3. The number of carbonyl (C=O) groups excluding carboxylic acids is 1. The van der Waals surface area contributed by atoms with E-state index in [1.807, 2.05) is 0 Å². The minimum absolute atomic E-state index is 0.164. The molecule has 0 aliphatic heterocycles. The summed E-state index contributed by atoms with van der Waals surface area (Å²) >= 11 is 0. The highest BCUT2D eigenvalue weighted by atomic mass is 16.5. The van der Waals surface area contributed by atoms with Crippen LogP contribution in [0.5, 0.6) is 0 Å². The van der Waals surface area contributed by atoms with E-state index in [4.69, 9.17) is 9.84 Å². The zero-order valence-corrected chi connectivity index (χ0v) is 11.0. The van der Waals surface area contributed by atoms with Gasteiger partial charge in [0.1, 0.15) is 6.54 Å². The third kappa shape index (κ3) is 7.67. The van der Waals surface area contributed by atoms with Gasteiger partial charge < -0.3 is 20.1 Å². The molecule has 18 heavy (non-hydrogen) atoms. The Kier molecular flexibility index (Phi) is 8.65. The Bertz CT molecular complexity index is 279. The first-order valence-corrected chi connectivity index (χ1v) is 5.94. The Morgan fingerprint density at radius 1 is 1.44 bits per heavy atom. The molecule has 104 valence electrons. The molecule has 2 amide bonds. The van der Waals surface area contributed by atoms with Gasteiger partial charge in [0.15, 0.2) is 0 Å². The van der Waals surface area contributed by atoms with Gasteiger partial charge in [-0.2, -0.15) is 0 Å². The van der Waals surface area contributed by atoms with Crippen molar-refractivity contribution in [2.75, 3.05) is 26.3 Å². The van der Waals surface area contributed by atoms with Crippen molar-refractivity contribution in [2.45, 2.75) is 26.3 Å². The van der Waals surface area contributed by atoms with E-state index >= 15 is 0 Å². The van der Waals surface area contributed by atoms with Gasteiger partial charge in [0.05, 0.1) is 13.2 Å². The van der Waals surface area contributed by atoms with E-state index in [1.165, 1.54) is 4.90 Å². The number of nitrogens with zero attached hydrogens (tertiary/aromatic N) is 1. The second kappa shape index (κ2) is 9.47. The smallest absolute Gasteiger partial charge is 0.323 e. The van der Waals surface area contributed by atoms with Crippen molar-refractivity contribution in [3.63, 3.8) is 0 Å². The van der Waals surface area contributed by atoms with Crippen molar-refractivity contribution in [1.82, 2.24) is 10.2 Å². The predicted octanol–water partition coefficient (Wildman–Crippen LogP) is 1.08. The summed E-state index contributed by atoms with van der Waals surface area (Å²) in [6.07, 6.45) is 2.52. The van der Waals surface area contributed by atoms with Crippen LogP contribution in [0.1, 0.15) is 20.3 Å². The van der Waals surface area contributed by atoms with E-state index in [9.17, 15) is 9.59 Å². The van der Waals surface area contributed by atoms with E-state index in [-0.39, 0.29) is 18.6 Å². The van der Waals surface area contributed by atoms with Gasteiger partial charge >= 0.3 is 12.0 Å². The monoisotopic (exact) mass is 258 g/mol. The molecule has 0 rings (SSSR count). The fourth-order valence-electron chi connectivity index (χ4n) is 1.24. The van der Waals surface area contributed by atoms with Gasteiger partial charge in [-0.05, 0) is 20.3 Å². The van der Waals surface area contributed by atoms with Crippen molar-refractivity contribution in [3.8, 4) is 0 Å². The molecule has 0 aromatic carbocycles. The van der Waals surface area contributed by atoms with Crippen molar-refractivity contribution in [3.05, 3.63) is 12.7 Å². The number of carbonyl (C=O) groups is 2. The summed E-state index contributed by atoms with van der Waals surface area (Å²) < 4.78 is 5.22. The Morgan fingerprint density at radius 3 is 2.61 bits per heavy atom. The Labute approximate surface area is 108 Å².